The van der Waals surface area contributed by atoms with Gasteiger partial charge in [0, 0.05) is 11.8 Å². The summed E-state index contributed by atoms with van der Waals surface area (Å²) >= 11 is 0. The van der Waals surface area contributed by atoms with Crippen LogP contribution in [0.4, 0.5) is 0 Å². The number of benzene rings is 4. The molecule has 0 radical (unpaired) electrons. The van der Waals surface area contributed by atoms with Crippen LogP contribution in [-0.2, 0) is 20.4 Å². The topological polar surface area (TPSA) is 34.1 Å². The van der Waals surface area contributed by atoms with E-state index in [0.29, 0.717) is 0 Å². The van der Waals surface area contributed by atoms with Gasteiger partial charge in [-0.1, -0.05) is 109 Å². The van der Waals surface area contributed by atoms with Gasteiger partial charge in [-0.25, -0.2) is 0 Å². The molecule has 4 aromatic carbocycles. The van der Waals surface area contributed by atoms with Crippen LogP contribution < -0.4 is 0 Å². The van der Waals surface area contributed by atoms with Gasteiger partial charge in [0.1, 0.15) is 6.29 Å². The Morgan fingerprint density at radius 1 is 0.588 bits per heavy atom. The highest BCUT2D eigenvalue weighted by molar-refractivity contribution is 5.99. The summed E-state index contributed by atoms with van der Waals surface area (Å²) in [6.07, 6.45) is 1.000. The Kier molecular flexibility index (Phi) is 6.61. The van der Waals surface area contributed by atoms with Gasteiger partial charge in [-0.2, -0.15) is 0 Å². The molecule has 0 aliphatic rings. The van der Waals surface area contributed by atoms with Crippen molar-refractivity contribution in [1.82, 2.24) is 0 Å². The fourth-order valence-corrected chi connectivity index (χ4v) is 4.70. The van der Waals surface area contributed by atoms with E-state index in [1.54, 1.807) is 0 Å². The highest BCUT2D eigenvalue weighted by atomic mass is 16.1. The van der Waals surface area contributed by atoms with Crippen molar-refractivity contribution in [3.05, 3.63) is 120 Å². The normalized spacial score (nSPS) is 13.1. The SMILES string of the molecule is CC(C)(C(=O)C(C)(CC=O)c1ccc(-c2ccccc2)cc1)c1ccc(-c2ccccc2)cc1. The number of hydrogen-bond donors (Lipinski definition) is 0. The monoisotopic (exact) mass is 446 g/mol. The first-order valence-corrected chi connectivity index (χ1v) is 11.7. The number of hydrogen-bond acceptors (Lipinski definition) is 2. The Bertz CT molecular complexity index is 1250. The average molecular weight is 447 g/mol. The van der Waals surface area contributed by atoms with Crippen LogP contribution in [-0.4, -0.2) is 12.1 Å². The number of ketones is 1. The van der Waals surface area contributed by atoms with E-state index in [1.807, 2.05) is 93.6 Å². The number of carbonyl (C=O) groups is 2. The molecule has 0 fully saturated rings. The minimum Gasteiger partial charge on any atom is -0.303 e. The third-order valence-corrected chi connectivity index (χ3v) is 6.90. The van der Waals surface area contributed by atoms with E-state index >= 15 is 0 Å². The van der Waals surface area contributed by atoms with Crippen molar-refractivity contribution in [1.29, 1.82) is 0 Å². The van der Waals surface area contributed by atoms with Gasteiger partial charge in [0.15, 0.2) is 5.78 Å². The first-order chi connectivity index (χ1) is 16.4. The van der Waals surface area contributed by atoms with Crippen molar-refractivity contribution in [2.45, 2.75) is 38.0 Å². The quantitative estimate of drug-likeness (QED) is 0.264. The molecule has 0 aliphatic heterocycles. The second-order valence-electron chi connectivity index (χ2n) is 9.54. The van der Waals surface area contributed by atoms with E-state index in [1.165, 1.54) is 0 Å². The van der Waals surface area contributed by atoms with Gasteiger partial charge >= 0.3 is 0 Å². The minimum atomic E-state index is -0.918. The first-order valence-electron chi connectivity index (χ1n) is 11.7. The van der Waals surface area contributed by atoms with Crippen LogP contribution in [0.25, 0.3) is 22.3 Å². The van der Waals surface area contributed by atoms with Crippen LogP contribution in [0.3, 0.4) is 0 Å². The van der Waals surface area contributed by atoms with Crippen molar-refractivity contribution >= 4 is 12.1 Å². The van der Waals surface area contributed by atoms with Crippen molar-refractivity contribution in [3.63, 3.8) is 0 Å². The van der Waals surface area contributed by atoms with Crippen LogP contribution in [0.2, 0.25) is 0 Å². The van der Waals surface area contributed by atoms with E-state index in [-0.39, 0.29) is 12.2 Å². The second-order valence-corrected chi connectivity index (χ2v) is 9.54. The van der Waals surface area contributed by atoms with Gasteiger partial charge in [0.2, 0.25) is 0 Å². The highest BCUT2D eigenvalue weighted by Gasteiger charge is 2.44. The molecular formula is C32H30O2. The average Bonchev–Trinajstić information content (AvgIpc) is 2.89. The van der Waals surface area contributed by atoms with Crippen molar-refractivity contribution in [3.8, 4) is 22.3 Å². The standard InChI is InChI=1S/C32H30O2/c1-31(2,28-18-14-26(15-19-28)24-10-6-4-7-11-24)30(34)32(3,22-23-33)29-20-16-27(17-21-29)25-12-8-5-9-13-25/h4-21,23H,22H2,1-3H3. The molecule has 0 aromatic heterocycles. The number of Topliss-reactive ketones (excluding diaryl/α,β-unsaturated/α-hetero) is 1. The number of carbonyl (C=O) groups excluding carboxylic acids is 2. The molecule has 0 bridgehead atoms. The molecule has 0 saturated heterocycles. The van der Waals surface area contributed by atoms with Crippen LogP contribution in [0, 0.1) is 0 Å². The van der Waals surface area contributed by atoms with Crippen molar-refractivity contribution in [2.75, 3.05) is 0 Å². The maximum atomic E-state index is 14.0. The zero-order chi connectivity index (χ0) is 24.2. The molecule has 4 aromatic rings. The Balaban J connectivity index is 1.65. The lowest BCUT2D eigenvalue weighted by Crippen LogP contribution is -2.44. The smallest absolute Gasteiger partial charge is 0.153 e. The third-order valence-electron chi connectivity index (χ3n) is 6.90. The minimum absolute atomic E-state index is 0.0343. The van der Waals surface area contributed by atoms with Gasteiger partial charge in [0.25, 0.3) is 0 Å². The molecule has 170 valence electrons. The Morgan fingerprint density at radius 2 is 0.971 bits per heavy atom. The van der Waals surface area contributed by atoms with E-state index in [4.69, 9.17) is 0 Å². The summed E-state index contributed by atoms with van der Waals surface area (Å²) in [5.41, 5.74) is 4.58. The summed E-state index contributed by atoms with van der Waals surface area (Å²) in [5, 5.41) is 0. The molecule has 0 spiro atoms. The molecule has 0 amide bonds. The number of aldehydes is 1. The molecule has 4 rings (SSSR count). The molecule has 0 aliphatic carbocycles. The summed E-state index contributed by atoms with van der Waals surface area (Å²) in [4.78, 5) is 25.7. The molecule has 2 heteroatoms. The van der Waals surface area contributed by atoms with Gasteiger partial charge in [-0.3, -0.25) is 4.79 Å². The van der Waals surface area contributed by atoms with E-state index in [2.05, 4.69) is 36.4 Å². The lowest BCUT2D eigenvalue weighted by molar-refractivity contribution is -0.130. The third kappa shape index (κ3) is 4.49. The first kappa shape index (κ1) is 23.4. The molecule has 0 N–H and O–H groups in total. The van der Waals surface area contributed by atoms with E-state index < -0.39 is 10.8 Å². The molecular weight excluding hydrogens is 416 g/mol. The summed E-state index contributed by atoms with van der Waals surface area (Å²) in [7, 11) is 0. The summed E-state index contributed by atoms with van der Waals surface area (Å²) in [6.45, 7) is 5.80. The molecule has 0 saturated carbocycles. The Morgan fingerprint density at radius 3 is 1.38 bits per heavy atom. The fraction of sp³-hybridized carbons (Fsp3) is 0.188. The predicted octanol–water partition coefficient (Wildman–Crippen LogP) is 7.41. The van der Waals surface area contributed by atoms with Crippen LogP contribution in [0.15, 0.2) is 109 Å². The predicted molar refractivity (Wildman–Crippen MR) is 140 cm³/mol. The Labute approximate surface area is 202 Å². The zero-order valence-corrected chi connectivity index (χ0v) is 20.0. The van der Waals surface area contributed by atoms with Crippen LogP contribution in [0.5, 0.6) is 0 Å². The summed E-state index contributed by atoms with van der Waals surface area (Å²) in [5.74, 6) is 0.0343. The van der Waals surface area contributed by atoms with Gasteiger partial charge in [-0.05, 0) is 54.2 Å². The van der Waals surface area contributed by atoms with Crippen molar-refractivity contribution in [2.24, 2.45) is 0 Å². The van der Waals surface area contributed by atoms with E-state index in [9.17, 15) is 9.59 Å². The molecule has 0 heterocycles. The fourth-order valence-electron chi connectivity index (χ4n) is 4.70. The van der Waals surface area contributed by atoms with Gasteiger partial charge < -0.3 is 4.79 Å². The maximum absolute atomic E-state index is 14.0. The van der Waals surface area contributed by atoms with Crippen LogP contribution >= 0.6 is 0 Å². The highest BCUT2D eigenvalue weighted by Crippen LogP contribution is 2.39. The molecule has 2 nitrogen and oxygen atoms in total. The molecule has 34 heavy (non-hydrogen) atoms. The lowest BCUT2D eigenvalue weighted by atomic mass is 9.65. The second kappa shape index (κ2) is 9.61. The summed E-state index contributed by atoms with van der Waals surface area (Å²) < 4.78 is 0. The van der Waals surface area contributed by atoms with Crippen LogP contribution in [0.1, 0.15) is 38.3 Å². The largest absolute Gasteiger partial charge is 0.303 e. The zero-order valence-electron chi connectivity index (χ0n) is 20.0. The van der Waals surface area contributed by atoms with Gasteiger partial charge in [0.05, 0.1) is 5.41 Å². The Hall–Kier alpha value is -3.78. The lowest BCUT2D eigenvalue weighted by Gasteiger charge is -2.36. The van der Waals surface area contributed by atoms with Crippen molar-refractivity contribution < 1.29 is 9.59 Å². The molecule has 1 atom stereocenters. The maximum Gasteiger partial charge on any atom is 0.153 e. The summed E-state index contributed by atoms with van der Waals surface area (Å²) in [6, 6.07) is 36.5. The van der Waals surface area contributed by atoms with Gasteiger partial charge in [-0.15, -0.1) is 0 Å². The van der Waals surface area contributed by atoms with E-state index in [0.717, 1.165) is 39.7 Å². The number of rotatable bonds is 8. The molecule has 1 unspecified atom stereocenters.